The Labute approximate surface area is 240 Å². The van der Waals surface area contributed by atoms with Gasteiger partial charge in [-0.15, -0.1) is 0 Å². The fraction of sp³-hybridized carbons (Fsp3) is 0.871. The van der Waals surface area contributed by atoms with Gasteiger partial charge in [0.1, 0.15) is 6.23 Å². The third-order valence-corrected chi connectivity index (χ3v) is 7.00. The van der Waals surface area contributed by atoms with E-state index >= 15 is 0 Å². The third kappa shape index (κ3) is 29.3. The highest BCUT2D eigenvalue weighted by molar-refractivity contribution is 5.75. The zero-order valence-corrected chi connectivity index (χ0v) is 26.2. The van der Waals surface area contributed by atoms with Crippen LogP contribution in [0.1, 0.15) is 103 Å². The SMILES string of the molecule is C[N+](C)(C)CCCNC(O)CCCCCCCC=CCCCCCCCC(=O)NCCC[N+](C)(C)CC(=O)O. The van der Waals surface area contributed by atoms with Gasteiger partial charge in [-0.3, -0.25) is 10.1 Å². The molecule has 0 aliphatic carbocycles. The summed E-state index contributed by atoms with van der Waals surface area (Å²) in [6.07, 6.45) is 21.7. The lowest BCUT2D eigenvalue weighted by atomic mass is 10.1. The van der Waals surface area contributed by atoms with E-state index in [4.69, 9.17) is 5.11 Å². The Morgan fingerprint density at radius 2 is 1.26 bits per heavy atom. The highest BCUT2D eigenvalue weighted by atomic mass is 16.4. The molecule has 0 aliphatic rings. The standard InChI is InChI=1S/C31H62N4O4/c1-34(2,3)26-20-24-32-29(36)22-18-16-14-12-10-8-6-7-9-11-13-15-17-19-23-30(37)33-25-21-27-35(4,5)28-31(38)39/h6-7,29,32,36H,8-28H2,1-5H3/p+2. The van der Waals surface area contributed by atoms with E-state index in [0.29, 0.717) is 17.4 Å². The normalized spacial score (nSPS) is 13.2. The molecule has 1 atom stereocenters. The van der Waals surface area contributed by atoms with Gasteiger partial charge in [-0.2, -0.15) is 0 Å². The van der Waals surface area contributed by atoms with Crippen molar-refractivity contribution in [1.82, 2.24) is 10.6 Å². The number of carbonyl (C=O) groups excluding carboxylic acids is 1. The van der Waals surface area contributed by atoms with E-state index in [9.17, 15) is 14.7 Å². The van der Waals surface area contributed by atoms with Crippen LogP contribution in [-0.4, -0.2) is 105 Å². The van der Waals surface area contributed by atoms with Crippen molar-refractivity contribution in [3.63, 3.8) is 0 Å². The molecule has 0 aromatic heterocycles. The van der Waals surface area contributed by atoms with Gasteiger partial charge in [-0.1, -0.05) is 50.7 Å². The molecule has 230 valence electrons. The van der Waals surface area contributed by atoms with Gasteiger partial charge in [0.25, 0.3) is 0 Å². The summed E-state index contributed by atoms with van der Waals surface area (Å²) in [4.78, 5) is 22.8. The van der Waals surface area contributed by atoms with Crippen LogP contribution in [0.3, 0.4) is 0 Å². The Kier molecular flexibility index (Phi) is 22.4. The maximum absolute atomic E-state index is 11.9. The molecule has 0 fully saturated rings. The second kappa shape index (κ2) is 23.2. The molecule has 1 unspecified atom stereocenters. The Morgan fingerprint density at radius 1 is 0.718 bits per heavy atom. The fourth-order valence-electron chi connectivity index (χ4n) is 4.64. The number of carbonyl (C=O) groups is 2. The highest BCUT2D eigenvalue weighted by Gasteiger charge is 2.18. The lowest BCUT2D eigenvalue weighted by Crippen LogP contribution is -2.45. The Bertz CT molecular complexity index is 647. The number of rotatable bonds is 27. The maximum Gasteiger partial charge on any atom is 0.359 e. The van der Waals surface area contributed by atoms with Crippen molar-refractivity contribution in [3.05, 3.63) is 12.2 Å². The van der Waals surface area contributed by atoms with Gasteiger partial charge in [0, 0.05) is 32.4 Å². The second-order valence-corrected chi connectivity index (χ2v) is 12.9. The molecule has 0 spiro atoms. The lowest BCUT2D eigenvalue weighted by molar-refractivity contribution is -0.883. The van der Waals surface area contributed by atoms with Gasteiger partial charge in [-0.05, 0) is 44.9 Å². The van der Waals surface area contributed by atoms with Gasteiger partial charge in [0.15, 0.2) is 6.54 Å². The predicted octanol–water partition coefficient (Wildman–Crippen LogP) is 4.68. The van der Waals surface area contributed by atoms with Gasteiger partial charge in [0.05, 0.1) is 48.3 Å². The summed E-state index contributed by atoms with van der Waals surface area (Å²) in [5.41, 5.74) is 0. The number of hydrogen-bond donors (Lipinski definition) is 4. The monoisotopic (exact) mass is 556 g/mol. The summed E-state index contributed by atoms with van der Waals surface area (Å²) in [7, 11) is 10.4. The molecule has 0 saturated heterocycles. The number of nitrogens with zero attached hydrogens (tertiary/aromatic N) is 2. The van der Waals surface area contributed by atoms with Crippen LogP contribution in [0.5, 0.6) is 0 Å². The Balaban J connectivity index is 3.41. The molecule has 8 nitrogen and oxygen atoms in total. The molecule has 0 saturated carbocycles. The van der Waals surface area contributed by atoms with E-state index in [-0.39, 0.29) is 18.7 Å². The molecule has 8 heteroatoms. The van der Waals surface area contributed by atoms with Crippen LogP contribution in [0.25, 0.3) is 0 Å². The number of aliphatic hydroxyl groups is 1. The van der Waals surface area contributed by atoms with E-state index in [2.05, 4.69) is 43.9 Å². The topological polar surface area (TPSA) is 98.7 Å². The van der Waals surface area contributed by atoms with Crippen LogP contribution in [0.2, 0.25) is 0 Å². The Morgan fingerprint density at radius 3 is 1.85 bits per heavy atom. The number of likely N-dealkylation sites (N-methyl/N-ethyl adjacent to an activating group) is 1. The van der Waals surface area contributed by atoms with Crippen LogP contribution >= 0.6 is 0 Å². The highest BCUT2D eigenvalue weighted by Crippen LogP contribution is 2.11. The van der Waals surface area contributed by atoms with Crippen LogP contribution in [0, 0.1) is 0 Å². The van der Waals surface area contributed by atoms with Crippen molar-refractivity contribution < 1.29 is 28.8 Å². The number of carboxylic acids is 1. The number of unbranched alkanes of at least 4 members (excludes halogenated alkanes) is 10. The van der Waals surface area contributed by atoms with Crippen molar-refractivity contribution in [1.29, 1.82) is 0 Å². The summed E-state index contributed by atoms with van der Waals surface area (Å²) in [6, 6.07) is 0. The zero-order chi connectivity index (χ0) is 29.4. The van der Waals surface area contributed by atoms with E-state index in [1.54, 1.807) is 0 Å². The first-order chi connectivity index (χ1) is 18.4. The van der Waals surface area contributed by atoms with Crippen molar-refractivity contribution in [2.45, 2.75) is 109 Å². The minimum atomic E-state index is -0.791. The largest absolute Gasteiger partial charge is 0.477 e. The summed E-state index contributed by atoms with van der Waals surface area (Å²) in [5.74, 6) is -0.682. The van der Waals surface area contributed by atoms with Crippen molar-refractivity contribution in [2.75, 3.05) is 68.0 Å². The van der Waals surface area contributed by atoms with Gasteiger partial charge in [-0.25, -0.2) is 4.79 Å². The number of quaternary nitrogens is 2. The van der Waals surface area contributed by atoms with Gasteiger partial charge < -0.3 is 24.5 Å². The van der Waals surface area contributed by atoms with Crippen LogP contribution in [-0.2, 0) is 9.59 Å². The number of nitrogens with one attached hydrogen (secondary N) is 2. The van der Waals surface area contributed by atoms with E-state index in [1.807, 2.05) is 14.1 Å². The first-order valence-corrected chi connectivity index (χ1v) is 15.6. The minimum Gasteiger partial charge on any atom is -0.477 e. The molecule has 0 rings (SSSR count). The van der Waals surface area contributed by atoms with Crippen LogP contribution < -0.4 is 10.6 Å². The second-order valence-electron chi connectivity index (χ2n) is 12.9. The number of allylic oxidation sites excluding steroid dienone is 2. The van der Waals surface area contributed by atoms with Gasteiger partial charge >= 0.3 is 5.97 Å². The third-order valence-electron chi connectivity index (χ3n) is 7.00. The Hall–Kier alpha value is -1.48. The van der Waals surface area contributed by atoms with E-state index in [0.717, 1.165) is 69.1 Å². The molecule has 0 aliphatic heterocycles. The molecule has 0 aromatic rings. The number of amides is 1. The molecule has 0 radical (unpaired) electrons. The number of carboxylic acid groups (broad SMARTS) is 1. The van der Waals surface area contributed by atoms with E-state index < -0.39 is 5.97 Å². The summed E-state index contributed by atoms with van der Waals surface area (Å²) in [6.45, 7) is 3.47. The summed E-state index contributed by atoms with van der Waals surface area (Å²) >= 11 is 0. The average molecular weight is 557 g/mol. The number of hydrogen-bond acceptors (Lipinski definition) is 4. The van der Waals surface area contributed by atoms with Crippen LogP contribution in [0.4, 0.5) is 0 Å². The van der Waals surface area contributed by atoms with Crippen molar-refractivity contribution >= 4 is 11.9 Å². The smallest absolute Gasteiger partial charge is 0.359 e. The molecular formula is C31H64N4O4+2. The first-order valence-electron chi connectivity index (χ1n) is 15.6. The van der Waals surface area contributed by atoms with Crippen LogP contribution in [0.15, 0.2) is 12.2 Å². The zero-order valence-electron chi connectivity index (χ0n) is 26.2. The van der Waals surface area contributed by atoms with Crippen molar-refractivity contribution in [3.8, 4) is 0 Å². The molecule has 0 aromatic carbocycles. The minimum absolute atomic E-state index is 0.105. The fourth-order valence-corrected chi connectivity index (χ4v) is 4.64. The molecule has 0 heterocycles. The lowest BCUT2D eigenvalue weighted by Gasteiger charge is -2.27. The van der Waals surface area contributed by atoms with E-state index in [1.165, 1.54) is 51.4 Å². The first kappa shape index (κ1) is 37.5. The predicted molar refractivity (Wildman–Crippen MR) is 162 cm³/mol. The average Bonchev–Trinajstić information content (AvgIpc) is 2.83. The number of aliphatic hydroxyl groups excluding tert-OH is 1. The molecule has 1 amide bonds. The molecule has 0 bridgehead atoms. The summed E-state index contributed by atoms with van der Waals surface area (Å²) < 4.78 is 1.40. The quantitative estimate of drug-likeness (QED) is 0.0510. The number of aliphatic carboxylic acids is 1. The maximum atomic E-state index is 11.9. The molecule has 39 heavy (non-hydrogen) atoms. The molecular weight excluding hydrogens is 492 g/mol. The van der Waals surface area contributed by atoms with Gasteiger partial charge in [0.2, 0.25) is 5.91 Å². The summed E-state index contributed by atoms with van der Waals surface area (Å²) in [5, 5.41) is 25.1. The van der Waals surface area contributed by atoms with Crippen molar-refractivity contribution in [2.24, 2.45) is 0 Å². The molecule has 4 N–H and O–H groups in total.